The van der Waals surface area contributed by atoms with Gasteiger partial charge in [0.1, 0.15) is 5.69 Å². The number of rotatable bonds is 7. The van der Waals surface area contributed by atoms with Gasteiger partial charge >= 0.3 is 5.69 Å². The van der Waals surface area contributed by atoms with Gasteiger partial charge in [-0.2, -0.15) is 4.98 Å². The molecule has 1 aromatic heterocycles. The monoisotopic (exact) mass is 301 g/mol. The Morgan fingerprint density at radius 2 is 2.15 bits per heavy atom. The number of anilines is 1. The highest BCUT2D eigenvalue weighted by molar-refractivity contribution is 6.28. The topological polar surface area (TPSA) is 115 Å². The van der Waals surface area contributed by atoms with Crippen molar-refractivity contribution < 1.29 is 9.72 Å². The number of aromatic nitrogens is 2. The van der Waals surface area contributed by atoms with Gasteiger partial charge in [0.05, 0.1) is 11.5 Å². The van der Waals surface area contributed by atoms with E-state index in [9.17, 15) is 14.9 Å². The third kappa shape index (κ3) is 4.02. The normalized spacial score (nSPS) is 10.3. The second-order valence-electron chi connectivity index (χ2n) is 4.25. The summed E-state index contributed by atoms with van der Waals surface area (Å²) in [4.78, 5) is 30.8. The average Bonchev–Trinajstić information content (AvgIpc) is 2.32. The molecule has 110 valence electrons. The molecule has 0 fully saturated rings. The molecule has 0 saturated heterocycles. The van der Waals surface area contributed by atoms with Crippen molar-refractivity contribution in [2.24, 2.45) is 5.73 Å². The zero-order chi connectivity index (χ0) is 15.3. The molecule has 0 radical (unpaired) electrons. The zero-order valence-corrected chi connectivity index (χ0v) is 12.1. The Labute approximate surface area is 121 Å². The third-order valence-corrected chi connectivity index (χ3v) is 2.79. The largest absolute Gasteiger partial charge is 0.368 e. The van der Waals surface area contributed by atoms with Gasteiger partial charge in [-0.15, -0.1) is 0 Å². The SMILES string of the molecule is CCCCN(CC(N)=O)c1nc(Cl)nc(C)c1[N+](=O)[O-]. The van der Waals surface area contributed by atoms with Gasteiger partial charge in [0, 0.05) is 6.54 Å². The van der Waals surface area contributed by atoms with E-state index in [1.807, 2.05) is 6.92 Å². The van der Waals surface area contributed by atoms with Crippen molar-refractivity contribution in [1.29, 1.82) is 0 Å². The number of aryl methyl sites for hydroxylation is 1. The highest BCUT2D eigenvalue weighted by atomic mass is 35.5. The van der Waals surface area contributed by atoms with Crippen molar-refractivity contribution in [3.8, 4) is 0 Å². The van der Waals surface area contributed by atoms with E-state index >= 15 is 0 Å². The van der Waals surface area contributed by atoms with E-state index in [1.165, 1.54) is 11.8 Å². The summed E-state index contributed by atoms with van der Waals surface area (Å²) in [6, 6.07) is 0. The van der Waals surface area contributed by atoms with Gasteiger partial charge in [-0.3, -0.25) is 14.9 Å². The van der Waals surface area contributed by atoms with E-state index in [1.54, 1.807) is 0 Å². The maximum Gasteiger partial charge on any atom is 0.332 e. The number of nitrogens with two attached hydrogens (primary N) is 1. The number of halogens is 1. The number of carbonyl (C=O) groups is 1. The Hall–Kier alpha value is -1.96. The number of unbranched alkanes of at least 4 members (excludes halogenated alkanes) is 1. The summed E-state index contributed by atoms with van der Waals surface area (Å²) >= 11 is 5.75. The molecule has 0 aliphatic rings. The molecule has 0 aromatic carbocycles. The van der Waals surface area contributed by atoms with Crippen LogP contribution in [0.3, 0.4) is 0 Å². The average molecular weight is 302 g/mol. The fourth-order valence-corrected chi connectivity index (χ4v) is 1.96. The van der Waals surface area contributed by atoms with Crippen molar-refractivity contribution in [2.45, 2.75) is 26.7 Å². The maximum atomic E-state index is 11.2. The molecule has 0 atom stereocenters. The van der Waals surface area contributed by atoms with Gasteiger partial charge in [0.15, 0.2) is 0 Å². The van der Waals surface area contributed by atoms with Gasteiger partial charge in [0.25, 0.3) is 0 Å². The van der Waals surface area contributed by atoms with Crippen LogP contribution < -0.4 is 10.6 Å². The first-order valence-electron chi connectivity index (χ1n) is 6.08. The molecule has 9 heteroatoms. The molecule has 0 aliphatic carbocycles. The second-order valence-corrected chi connectivity index (χ2v) is 4.59. The van der Waals surface area contributed by atoms with Gasteiger partial charge in [-0.05, 0) is 24.9 Å². The fourth-order valence-electron chi connectivity index (χ4n) is 1.75. The molecule has 8 nitrogen and oxygen atoms in total. The van der Waals surface area contributed by atoms with E-state index in [-0.39, 0.29) is 29.0 Å². The van der Waals surface area contributed by atoms with Crippen molar-refractivity contribution in [3.63, 3.8) is 0 Å². The molecule has 0 bridgehead atoms. The molecule has 1 rings (SSSR count). The molecule has 0 aliphatic heterocycles. The number of nitrogens with zero attached hydrogens (tertiary/aromatic N) is 4. The lowest BCUT2D eigenvalue weighted by Crippen LogP contribution is -2.35. The minimum Gasteiger partial charge on any atom is -0.368 e. The minimum atomic E-state index is -0.595. The van der Waals surface area contributed by atoms with E-state index in [0.717, 1.165) is 12.8 Å². The van der Waals surface area contributed by atoms with Gasteiger partial charge in [0.2, 0.25) is 17.0 Å². The van der Waals surface area contributed by atoms with Gasteiger partial charge in [-0.25, -0.2) is 4.98 Å². The Morgan fingerprint density at radius 1 is 1.50 bits per heavy atom. The van der Waals surface area contributed by atoms with Crippen LogP contribution >= 0.6 is 11.6 Å². The highest BCUT2D eigenvalue weighted by Crippen LogP contribution is 2.29. The number of nitro groups is 1. The van der Waals surface area contributed by atoms with Crippen molar-refractivity contribution in [1.82, 2.24) is 9.97 Å². The van der Waals surface area contributed by atoms with Crippen LogP contribution in [0.2, 0.25) is 5.28 Å². The summed E-state index contributed by atoms with van der Waals surface area (Å²) in [5.41, 5.74) is 5.07. The molecule has 0 saturated carbocycles. The third-order valence-electron chi connectivity index (χ3n) is 2.62. The van der Waals surface area contributed by atoms with E-state index in [0.29, 0.717) is 6.54 Å². The summed E-state index contributed by atoms with van der Waals surface area (Å²) in [5.74, 6) is -0.567. The number of hydrogen-bond donors (Lipinski definition) is 1. The molecule has 0 spiro atoms. The summed E-state index contributed by atoms with van der Waals surface area (Å²) in [6.45, 7) is 3.70. The van der Waals surface area contributed by atoms with Crippen LogP contribution in [-0.2, 0) is 4.79 Å². The van der Waals surface area contributed by atoms with Crippen LogP contribution in [0.15, 0.2) is 0 Å². The maximum absolute atomic E-state index is 11.2. The Balaban J connectivity index is 3.29. The number of amides is 1. The zero-order valence-electron chi connectivity index (χ0n) is 11.3. The standard InChI is InChI=1S/C11H16ClN5O3/c1-3-4-5-16(6-8(13)18)10-9(17(19)20)7(2)14-11(12)15-10/h3-6H2,1-2H3,(H2,13,18). The lowest BCUT2D eigenvalue weighted by molar-refractivity contribution is -0.385. The first-order valence-corrected chi connectivity index (χ1v) is 6.46. The predicted octanol–water partition coefficient (Wildman–Crippen LogP) is 1.44. The Bertz CT molecular complexity index is 523. The number of carbonyl (C=O) groups excluding carboxylic acids is 1. The van der Waals surface area contributed by atoms with Crippen molar-refractivity contribution in [3.05, 3.63) is 21.1 Å². The highest BCUT2D eigenvalue weighted by Gasteiger charge is 2.26. The van der Waals surface area contributed by atoms with Gasteiger partial charge in [-0.1, -0.05) is 13.3 Å². The smallest absolute Gasteiger partial charge is 0.332 e. The number of hydrogen-bond acceptors (Lipinski definition) is 6. The molecule has 1 aromatic rings. The van der Waals surface area contributed by atoms with E-state index < -0.39 is 10.8 Å². The molecule has 2 N–H and O–H groups in total. The lowest BCUT2D eigenvalue weighted by Gasteiger charge is -2.22. The molecular formula is C11H16ClN5O3. The number of primary amides is 1. The summed E-state index contributed by atoms with van der Waals surface area (Å²) < 4.78 is 0. The van der Waals surface area contributed by atoms with Crippen LogP contribution in [0.1, 0.15) is 25.5 Å². The Kier molecular flexibility index (Phi) is 5.63. The van der Waals surface area contributed by atoms with Crippen LogP contribution in [0, 0.1) is 17.0 Å². The lowest BCUT2D eigenvalue weighted by atomic mass is 10.2. The van der Waals surface area contributed by atoms with Crippen molar-refractivity contribution >= 4 is 29.0 Å². The molecular weight excluding hydrogens is 286 g/mol. The quantitative estimate of drug-likeness (QED) is 0.463. The molecule has 1 heterocycles. The fraction of sp³-hybridized carbons (Fsp3) is 0.545. The summed E-state index contributed by atoms with van der Waals surface area (Å²) in [6.07, 6.45) is 1.60. The van der Waals surface area contributed by atoms with Crippen molar-refractivity contribution in [2.75, 3.05) is 18.0 Å². The second kappa shape index (κ2) is 6.99. The molecule has 1 amide bonds. The van der Waals surface area contributed by atoms with E-state index in [2.05, 4.69) is 9.97 Å². The van der Waals surface area contributed by atoms with Gasteiger partial charge < -0.3 is 10.6 Å². The first-order chi connectivity index (χ1) is 9.36. The summed E-state index contributed by atoms with van der Waals surface area (Å²) in [5, 5.41) is 11.1. The Morgan fingerprint density at radius 3 is 2.65 bits per heavy atom. The van der Waals surface area contributed by atoms with Crippen LogP contribution in [0.4, 0.5) is 11.5 Å². The minimum absolute atomic E-state index is 0.0275. The van der Waals surface area contributed by atoms with E-state index in [4.69, 9.17) is 17.3 Å². The predicted molar refractivity (Wildman–Crippen MR) is 74.7 cm³/mol. The first kappa shape index (κ1) is 16.1. The molecule has 0 unspecified atom stereocenters. The van der Waals surface area contributed by atoms with Crippen LogP contribution in [-0.4, -0.2) is 33.9 Å². The molecule has 20 heavy (non-hydrogen) atoms. The summed E-state index contributed by atoms with van der Waals surface area (Å²) in [7, 11) is 0. The van der Waals surface area contributed by atoms with Crippen LogP contribution in [0.25, 0.3) is 0 Å². The van der Waals surface area contributed by atoms with Crippen LogP contribution in [0.5, 0.6) is 0 Å².